The van der Waals surface area contributed by atoms with E-state index < -0.39 is 0 Å². The molecule has 164 valence electrons. The van der Waals surface area contributed by atoms with Crippen LogP contribution in [0.25, 0.3) is 5.70 Å². The Labute approximate surface area is 194 Å². The van der Waals surface area contributed by atoms with Gasteiger partial charge in [0.05, 0.1) is 11.9 Å². The fourth-order valence-corrected chi connectivity index (χ4v) is 4.20. The molecule has 0 aromatic heterocycles. The van der Waals surface area contributed by atoms with Gasteiger partial charge in [-0.1, -0.05) is 83.0 Å². The van der Waals surface area contributed by atoms with Gasteiger partial charge in [-0.2, -0.15) is 0 Å². The van der Waals surface area contributed by atoms with Crippen molar-refractivity contribution >= 4 is 32.6 Å². The van der Waals surface area contributed by atoms with Crippen LogP contribution in [0.2, 0.25) is 0 Å². The number of anilines is 1. The number of benzene rings is 2. The molecule has 1 aliphatic heterocycles. The van der Waals surface area contributed by atoms with E-state index in [-0.39, 0.29) is 0 Å². The topological polar surface area (TPSA) is 33.3 Å². The van der Waals surface area contributed by atoms with E-state index in [9.17, 15) is 0 Å². The first-order valence-corrected chi connectivity index (χ1v) is 12.1. The van der Waals surface area contributed by atoms with Crippen molar-refractivity contribution in [3.63, 3.8) is 0 Å². The van der Waals surface area contributed by atoms with Gasteiger partial charge >= 0.3 is 0 Å². The number of rotatable bonds is 9. The summed E-state index contributed by atoms with van der Waals surface area (Å²) in [6, 6.07) is 16.4. The Morgan fingerprint density at radius 2 is 1.97 bits per heavy atom. The summed E-state index contributed by atoms with van der Waals surface area (Å²) in [6.45, 7) is 10.3. The standard InChI is InChI=1S/C17H17NOS.C9H16NP/c1-3-19-12-14-8-10-15(11-9-14)13(2)18-16-6-4-5-7-17(16)20;1-3-9(10-2)8-5-4-6-11-7-8/h3-11,18,20H,1-2,12H2;4-5,7,9-11H,3,6H2,1-2H3. The number of para-hydroxylation sites is 1. The van der Waals surface area contributed by atoms with Crippen molar-refractivity contribution in [3.05, 3.63) is 103 Å². The Hall–Kier alpha value is -2.26. The molecule has 0 amide bonds. The van der Waals surface area contributed by atoms with Crippen LogP contribution in [0.1, 0.15) is 24.5 Å². The van der Waals surface area contributed by atoms with E-state index in [4.69, 9.17) is 4.74 Å². The molecule has 0 radical (unpaired) electrons. The highest BCUT2D eigenvalue weighted by Crippen LogP contribution is 2.24. The zero-order chi connectivity index (χ0) is 22.5. The maximum absolute atomic E-state index is 5.15. The second-order valence-corrected chi connectivity index (χ2v) is 8.59. The Morgan fingerprint density at radius 3 is 2.55 bits per heavy atom. The van der Waals surface area contributed by atoms with Crippen molar-refractivity contribution in [2.75, 3.05) is 18.5 Å². The third-order valence-electron chi connectivity index (χ3n) is 4.83. The largest absolute Gasteiger partial charge is 0.497 e. The summed E-state index contributed by atoms with van der Waals surface area (Å²) in [4.78, 5) is 0.893. The predicted octanol–water partition coefficient (Wildman–Crippen LogP) is 6.83. The average molecular weight is 453 g/mol. The van der Waals surface area contributed by atoms with Gasteiger partial charge in [-0.25, -0.2) is 0 Å². The quantitative estimate of drug-likeness (QED) is 0.221. The molecular formula is C26H33N2OPS. The summed E-state index contributed by atoms with van der Waals surface area (Å²) >= 11 is 4.41. The minimum absolute atomic E-state index is 0.531. The number of ether oxygens (including phenoxy) is 1. The molecule has 1 aliphatic rings. The molecule has 0 bridgehead atoms. The van der Waals surface area contributed by atoms with Gasteiger partial charge in [0.25, 0.3) is 0 Å². The van der Waals surface area contributed by atoms with Gasteiger partial charge < -0.3 is 15.4 Å². The summed E-state index contributed by atoms with van der Waals surface area (Å²) in [5, 5.41) is 6.58. The Kier molecular flexibility index (Phi) is 11.2. The van der Waals surface area contributed by atoms with Crippen molar-refractivity contribution < 1.29 is 4.74 Å². The highest BCUT2D eigenvalue weighted by atomic mass is 32.1. The minimum atomic E-state index is 0.531. The zero-order valence-corrected chi connectivity index (χ0v) is 20.3. The number of likely N-dealkylation sites (N-methyl/N-ethyl adjacent to an activating group) is 1. The molecule has 0 aliphatic carbocycles. The lowest BCUT2D eigenvalue weighted by atomic mass is 10.1. The van der Waals surface area contributed by atoms with Gasteiger partial charge in [-0.15, -0.1) is 12.6 Å². The van der Waals surface area contributed by atoms with E-state index in [1.54, 1.807) is 0 Å². The predicted molar refractivity (Wildman–Crippen MR) is 141 cm³/mol. The van der Waals surface area contributed by atoms with Crippen molar-refractivity contribution in [2.24, 2.45) is 0 Å². The number of thiol groups is 1. The first-order valence-electron chi connectivity index (χ1n) is 10.4. The normalized spacial score (nSPS) is 14.1. The van der Waals surface area contributed by atoms with E-state index in [2.05, 4.69) is 61.3 Å². The van der Waals surface area contributed by atoms with Crippen LogP contribution in [0.15, 0.2) is 96.4 Å². The molecule has 2 aromatic carbocycles. The fourth-order valence-electron chi connectivity index (χ4n) is 3.08. The molecule has 2 N–H and O–H groups in total. The molecule has 2 aromatic rings. The summed E-state index contributed by atoms with van der Waals surface area (Å²) in [5.41, 5.74) is 5.38. The minimum Gasteiger partial charge on any atom is -0.497 e. The van der Waals surface area contributed by atoms with Gasteiger partial charge in [0.2, 0.25) is 0 Å². The van der Waals surface area contributed by atoms with Crippen molar-refractivity contribution in [1.82, 2.24) is 5.32 Å². The molecule has 3 nitrogen and oxygen atoms in total. The molecule has 3 rings (SSSR count). The van der Waals surface area contributed by atoms with Crippen LogP contribution in [0.3, 0.4) is 0 Å². The summed E-state index contributed by atoms with van der Waals surface area (Å²) in [6.07, 6.45) is 8.38. The van der Waals surface area contributed by atoms with Crippen LogP contribution in [0.4, 0.5) is 5.69 Å². The maximum Gasteiger partial charge on any atom is 0.112 e. The Bertz CT molecular complexity index is 902. The maximum atomic E-state index is 5.15. The molecule has 1 heterocycles. The highest BCUT2D eigenvalue weighted by Gasteiger charge is 2.07. The lowest BCUT2D eigenvalue weighted by molar-refractivity contribution is 0.237. The molecule has 0 saturated heterocycles. The van der Waals surface area contributed by atoms with Crippen molar-refractivity contribution in [3.8, 4) is 0 Å². The zero-order valence-electron chi connectivity index (χ0n) is 18.4. The van der Waals surface area contributed by atoms with E-state index in [1.165, 1.54) is 24.4 Å². The number of hydrogen-bond donors (Lipinski definition) is 3. The van der Waals surface area contributed by atoms with Gasteiger partial charge in [-0.05, 0) is 48.5 Å². The van der Waals surface area contributed by atoms with Gasteiger partial charge in [0.1, 0.15) is 6.61 Å². The molecule has 0 spiro atoms. The summed E-state index contributed by atoms with van der Waals surface area (Å²) in [7, 11) is 3.02. The summed E-state index contributed by atoms with van der Waals surface area (Å²) in [5.74, 6) is 2.37. The van der Waals surface area contributed by atoms with Crippen LogP contribution in [-0.4, -0.2) is 19.3 Å². The van der Waals surface area contributed by atoms with Crippen LogP contribution >= 0.6 is 21.2 Å². The van der Waals surface area contributed by atoms with E-state index in [0.717, 1.165) is 36.0 Å². The van der Waals surface area contributed by atoms with Crippen LogP contribution in [-0.2, 0) is 11.3 Å². The molecule has 0 saturated carbocycles. The first kappa shape index (κ1) is 25.0. The van der Waals surface area contributed by atoms with Gasteiger partial charge in [0, 0.05) is 16.6 Å². The molecule has 0 fully saturated rings. The molecule has 31 heavy (non-hydrogen) atoms. The molecule has 2 unspecified atom stereocenters. The second-order valence-electron chi connectivity index (χ2n) is 7.00. The van der Waals surface area contributed by atoms with Crippen LogP contribution in [0.5, 0.6) is 0 Å². The molecule has 2 atom stereocenters. The number of nitrogens with one attached hydrogen (secondary N) is 2. The van der Waals surface area contributed by atoms with Gasteiger partial charge in [0.15, 0.2) is 0 Å². The fraction of sp³-hybridized carbons (Fsp3) is 0.231. The number of hydrogen-bond acceptors (Lipinski definition) is 4. The third kappa shape index (κ3) is 8.41. The number of allylic oxidation sites excluding steroid dienone is 1. The highest BCUT2D eigenvalue weighted by molar-refractivity contribution is 7.80. The monoisotopic (exact) mass is 452 g/mol. The lowest BCUT2D eigenvalue weighted by Gasteiger charge is -2.17. The smallest absolute Gasteiger partial charge is 0.112 e. The molecule has 5 heteroatoms. The third-order valence-corrected chi connectivity index (χ3v) is 6.23. The van der Waals surface area contributed by atoms with Gasteiger partial charge in [-0.3, -0.25) is 0 Å². The SMILES string of the molecule is C=COCc1ccc(C(=C)Nc2ccccc2S)cc1.CCC(NC)C1=CPCC=C1. The second kappa shape index (κ2) is 13.9. The molecular weight excluding hydrogens is 419 g/mol. The lowest BCUT2D eigenvalue weighted by Crippen LogP contribution is -2.25. The van der Waals surface area contributed by atoms with Crippen molar-refractivity contribution in [1.29, 1.82) is 0 Å². The van der Waals surface area contributed by atoms with E-state index in [0.29, 0.717) is 12.6 Å². The average Bonchev–Trinajstić information content (AvgIpc) is 2.81. The van der Waals surface area contributed by atoms with Crippen LogP contribution < -0.4 is 10.6 Å². The van der Waals surface area contributed by atoms with Crippen LogP contribution in [0, 0.1) is 0 Å². The first-order chi connectivity index (χ1) is 15.1. The van der Waals surface area contributed by atoms with E-state index >= 15 is 0 Å². The Balaban J connectivity index is 0.000000262. The summed E-state index contributed by atoms with van der Waals surface area (Å²) < 4.78 is 5.15. The Morgan fingerprint density at radius 1 is 1.23 bits per heavy atom. The van der Waals surface area contributed by atoms with Crippen molar-refractivity contribution in [2.45, 2.75) is 30.9 Å². The van der Waals surface area contributed by atoms with E-state index in [1.807, 2.05) is 55.6 Å².